The van der Waals surface area contributed by atoms with Crippen LogP contribution in [0.4, 0.5) is 4.79 Å². The van der Waals surface area contributed by atoms with Gasteiger partial charge in [-0.2, -0.15) is 0 Å². The van der Waals surface area contributed by atoms with Gasteiger partial charge in [-0.15, -0.1) is 0 Å². The van der Waals surface area contributed by atoms with Crippen molar-refractivity contribution >= 4 is 39.4 Å². The summed E-state index contributed by atoms with van der Waals surface area (Å²) in [6.07, 6.45) is 5.88. The van der Waals surface area contributed by atoms with E-state index in [1.54, 1.807) is 13.8 Å². The van der Waals surface area contributed by atoms with Crippen LogP contribution in [0.5, 0.6) is 0 Å². The molecule has 4 saturated carbocycles. The molecule has 48 heavy (non-hydrogen) atoms. The molecule has 0 spiro atoms. The van der Waals surface area contributed by atoms with Crippen LogP contribution in [-0.2, 0) is 29.0 Å². The number of hydrogen-bond donors (Lipinski definition) is 4. The number of Topliss-reactive ketones (excluding diaryl/α,β-unsaturated/α-hetero) is 1. The van der Waals surface area contributed by atoms with E-state index in [2.05, 4.69) is 35.1 Å². The van der Waals surface area contributed by atoms with Crippen molar-refractivity contribution in [3.05, 3.63) is 0 Å². The molecule has 12 nitrogen and oxygen atoms in total. The Hall–Kier alpha value is -2.70. The number of fused-ring (bicyclic) bond motifs is 1. The van der Waals surface area contributed by atoms with Gasteiger partial charge in [0.15, 0.2) is 9.84 Å². The molecule has 0 aromatic carbocycles. The maximum Gasteiger partial charge on any atom is 0.316 e. The first-order chi connectivity index (χ1) is 22.2. The smallest absolute Gasteiger partial charge is 0.316 e. The molecule has 6 atom stereocenters. The average Bonchev–Trinajstić information content (AvgIpc) is 3.96. The monoisotopic (exact) mass is 691 g/mol. The standard InChI is InChI=1S/C35H57N5O7S/c1-9-22-17-35(22,27(41)29(43)36-18-21-13-14-21)38-28(42)25-24-23(33(24,7)8)19-40(25)30(44)26(32(4,5)6)37-31(45)39-34(15-11-10-12-16-34)48(46,47)20(2)3/h20-26H,9-19H2,1-8H3,(H,36,43)(H,38,42)(H2,37,39,45)/t22-,23?,24?,25+,26+,35?/m1/s1. The quantitative estimate of drug-likeness (QED) is 0.228. The highest BCUT2D eigenvalue weighted by atomic mass is 32.2. The number of nitrogens with zero attached hydrogens (tertiary/aromatic N) is 1. The van der Waals surface area contributed by atoms with Crippen LogP contribution in [0.2, 0.25) is 0 Å². The normalized spacial score (nSPS) is 30.9. The van der Waals surface area contributed by atoms with Gasteiger partial charge in [-0.05, 0) is 80.5 Å². The lowest BCUT2D eigenvalue weighted by Crippen LogP contribution is -2.65. The Morgan fingerprint density at radius 2 is 1.58 bits per heavy atom. The van der Waals surface area contributed by atoms with Gasteiger partial charge in [0.1, 0.15) is 22.5 Å². The maximum absolute atomic E-state index is 14.4. The van der Waals surface area contributed by atoms with E-state index in [0.717, 1.165) is 19.3 Å². The van der Waals surface area contributed by atoms with E-state index in [9.17, 15) is 32.4 Å². The van der Waals surface area contributed by atoms with Crippen LogP contribution in [-0.4, -0.2) is 83.7 Å². The van der Waals surface area contributed by atoms with Crippen molar-refractivity contribution in [1.82, 2.24) is 26.2 Å². The molecule has 0 radical (unpaired) electrons. The minimum absolute atomic E-state index is 0.0583. The highest BCUT2D eigenvalue weighted by Crippen LogP contribution is 2.65. The van der Waals surface area contributed by atoms with Crippen LogP contribution in [0.3, 0.4) is 0 Å². The highest BCUT2D eigenvalue weighted by Gasteiger charge is 2.71. The molecule has 0 aromatic rings. The molecule has 4 aliphatic carbocycles. The van der Waals surface area contributed by atoms with Crippen LogP contribution < -0.4 is 21.3 Å². The number of sulfone groups is 1. The number of amides is 5. The lowest BCUT2D eigenvalue weighted by Gasteiger charge is -2.41. The largest absolute Gasteiger partial charge is 0.349 e. The molecular weight excluding hydrogens is 634 g/mol. The molecule has 5 rings (SSSR count). The van der Waals surface area contributed by atoms with Crippen molar-refractivity contribution in [3.8, 4) is 0 Å². The number of urea groups is 1. The second-order valence-corrected chi connectivity index (χ2v) is 20.0. The number of rotatable bonds is 12. The fourth-order valence-electron chi connectivity index (χ4n) is 8.50. The summed E-state index contributed by atoms with van der Waals surface area (Å²) in [6, 6.07) is -2.68. The molecule has 1 heterocycles. The zero-order valence-electron chi connectivity index (χ0n) is 30.0. The fraction of sp³-hybridized carbons (Fsp3) is 0.857. The Morgan fingerprint density at radius 1 is 0.958 bits per heavy atom. The Labute approximate surface area is 286 Å². The number of hydrogen-bond acceptors (Lipinski definition) is 7. The lowest BCUT2D eigenvalue weighted by atomic mass is 9.85. The molecule has 5 amide bonds. The Morgan fingerprint density at radius 3 is 2.10 bits per heavy atom. The summed E-state index contributed by atoms with van der Waals surface area (Å²) >= 11 is 0. The van der Waals surface area contributed by atoms with Crippen molar-refractivity contribution < 1.29 is 32.4 Å². The first-order valence-corrected chi connectivity index (χ1v) is 19.6. The van der Waals surface area contributed by atoms with Crippen LogP contribution in [0, 0.1) is 34.5 Å². The van der Waals surface area contributed by atoms with E-state index < -0.39 is 72.5 Å². The van der Waals surface area contributed by atoms with Gasteiger partial charge in [0.25, 0.3) is 5.91 Å². The topological polar surface area (TPSA) is 171 Å². The van der Waals surface area contributed by atoms with Gasteiger partial charge in [-0.25, -0.2) is 13.2 Å². The van der Waals surface area contributed by atoms with E-state index in [1.807, 2.05) is 27.7 Å². The number of likely N-dealkylation sites (tertiary alicyclic amines) is 1. The molecule has 1 saturated heterocycles. The van der Waals surface area contributed by atoms with Crippen molar-refractivity contribution in [1.29, 1.82) is 0 Å². The Kier molecular flexibility index (Phi) is 9.58. The SMILES string of the molecule is CC[C@@H]1CC1(NC(=O)[C@@H]1C2C(CN1C(=O)[C@H](NC(=O)NC1(S(=O)(=O)C(C)C)CCCCC1)C(C)(C)C)C2(C)C)C(=O)C(=O)NCC1CC1. The number of carbonyl (C=O) groups excluding carboxylic acids is 5. The van der Waals surface area contributed by atoms with Crippen LogP contribution >= 0.6 is 0 Å². The second-order valence-electron chi connectivity index (χ2n) is 17.2. The van der Waals surface area contributed by atoms with Crippen molar-refractivity contribution in [3.63, 3.8) is 0 Å². The molecule has 0 bridgehead atoms. The predicted octanol–water partition coefficient (Wildman–Crippen LogP) is 3.05. The third-order valence-electron chi connectivity index (χ3n) is 12.1. The number of carbonyl (C=O) groups is 5. The van der Waals surface area contributed by atoms with E-state index in [1.165, 1.54) is 4.90 Å². The zero-order valence-corrected chi connectivity index (χ0v) is 30.8. The maximum atomic E-state index is 14.4. The lowest BCUT2D eigenvalue weighted by molar-refractivity contribution is -0.145. The summed E-state index contributed by atoms with van der Waals surface area (Å²) in [5.74, 6) is -2.06. The summed E-state index contributed by atoms with van der Waals surface area (Å²) in [7, 11) is -3.71. The number of nitrogens with one attached hydrogen (secondary N) is 4. The van der Waals surface area contributed by atoms with Gasteiger partial charge in [-0.1, -0.05) is 67.2 Å². The molecule has 5 aliphatic rings. The molecule has 0 aromatic heterocycles. The fourth-order valence-corrected chi connectivity index (χ4v) is 10.5. The minimum atomic E-state index is -3.71. The summed E-state index contributed by atoms with van der Waals surface area (Å²) in [5, 5.41) is 10.6. The van der Waals surface area contributed by atoms with Gasteiger partial charge in [-0.3, -0.25) is 19.2 Å². The van der Waals surface area contributed by atoms with Crippen molar-refractivity contribution in [2.45, 2.75) is 141 Å². The van der Waals surface area contributed by atoms with Crippen molar-refractivity contribution in [2.24, 2.45) is 34.5 Å². The van der Waals surface area contributed by atoms with E-state index in [0.29, 0.717) is 57.5 Å². The van der Waals surface area contributed by atoms with Gasteiger partial charge in [0, 0.05) is 13.1 Å². The molecule has 1 aliphatic heterocycles. The van der Waals surface area contributed by atoms with Crippen LogP contribution in [0.1, 0.15) is 113 Å². The summed E-state index contributed by atoms with van der Waals surface area (Å²) in [6.45, 7) is 15.5. The van der Waals surface area contributed by atoms with Gasteiger partial charge >= 0.3 is 6.03 Å². The van der Waals surface area contributed by atoms with Crippen LogP contribution in [0.15, 0.2) is 0 Å². The van der Waals surface area contributed by atoms with E-state index in [4.69, 9.17) is 0 Å². The molecule has 270 valence electrons. The Balaban J connectivity index is 1.35. The predicted molar refractivity (Wildman–Crippen MR) is 181 cm³/mol. The molecular formula is C35H57N5O7S. The average molecular weight is 692 g/mol. The van der Waals surface area contributed by atoms with E-state index >= 15 is 0 Å². The summed E-state index contributed by atoms with van der Waals surface area (Å²) < 4.78 is 27.0. The summed E-state index contributed by atoms with van der Waals surface area (Å²) in [5.41, 5.74) is -2.27. The number of ketones is 1. The van der Waals surface area contributed by atoms with Crippen molar-refractivity contribution in [2.75, 3.05) is 13.1 Å². The third kappa shape index (κ3) is 6.49. The number of piperidine rings is 1. The second kappa shape index (κ2) is 12.6. The summed E-state index contributed by atoms with van der Waals surface area (Å²) in [4.78, 5) is 68.8. The first-order valence-electron chi connectivity index (χ1n) is 18.0. The molecule has 4 N–H and O–H groups in total. The molecule has 5 fully saturated rings. The third-order valence-corrected chi connectivity index (χ3v) is 15.0. The van der Waals surface area contributed by atoms with E-state index in [-0.39, 0.29) is 23.2 Å². The van der Waals surface area contributed by atoms with Gasteiger partial charge < -0.3 is 26.2 Å². The van der Waals surface area contributed by atoms with Gasteiger partial charge in [0.2, 0.25) is 17.6 Å². The minimum Gasteiger partial charge on any atom is -0.349 e. The highest BCUT2D eigenvalue weighted by molar-refractivity contribution is 7.93. The van der Waals surface area contributed by atoms with Gasteiger partial charge in [0.05, 0.1) is 5.25 Å². The first kappa shape index (κ1) is 36.6. The zero-order chi connectivity index (χ0) is 35.6. The van der Waals surface area contributed by atoms with Crippen LogP contribution in [0.25, 0.3) is 0 Å². The molecule has 13 heteroatoms. The molecule has 3 unspecified atom stereocenters. The Bertz CT molecular complexity index is 1440.